The Morgan fingerprint density at radius 2 is 2.04 bits per heavy atom. The van der Waals surface area contributed by atoms with Gasteiger partial charge in [-0.1, -0.05) is 25.4 Å². The van der Waals surface area contributed by atoms with Crippen LogP contribution in [0.4, 0.5) is 0 Å². The van der Waals surface area contributed by atoms with E-state index in [2.05, 4.69) is 25.8 Å². The average molecular weight is 401 g/mol. The molecule has 0 saturated carbocycles. The van der Waals surface area contributed by atoms with Gasteiger partial charge in [-0.25, -0.2) is 0 Å². The highest BCUT2D eigenvalue weighted by Gasteiger charge is 2.17. The van der Waals surface area contributed by atoms with Crippen molar-refractivity contribution in [3.05, 3.63) is 52.9 Å². The van der Waals surface area contributed by atoms with Gasteiger partial charge < -0.3 is 10.4 Å². The smallest absolute Gasteiger partial charge is 0.251 e. The Balaban J connectivity index is 2.12. The Bertz CT molecular complexity index is 971. The van der Waals surface area contributed by atoms with Crippen LogP contribution in [0.5, 0.6) is 0 Å². The van der Waals surface area contributed by atoms with Gasteiger partial charge in [0.1, 0.15) is 0 Å². The van der Waals surface area contributed by atoms with E-state index in [0.29, 0.717) is 27.8 Å². The number of aliphatic hydroxyl groups is 1. The summed E-state index contributed by atoms with van der Waals surface area (Å²) in [6.07, 6.45) is 1.55. The van der Waals surface area contributed by atoms with E-state index in [1.165, 1.54) is 0 Å². The molecule has 0 saturated heterocycles. The second kappa shape index (κ2) is 8.45. The van der Waals surface area contributed by atoms with Gasteiger partial charge in [-0.15, -0.1) is 5.10 Å². The van der Waals surface area contributed by atoms with Gasteiger partial charge >= 0.3 is 0 Å². The summed E-state index contributed by atoms with van der Waals surface area (Å²) < 4.78 is 1.61. The Morgan fingerprint density at radius 3 is 2.68 bits per heavy atom. The summed E-state index contributed by atoms with van der Waals surface area (Å²) in [7, 11) is 0. The number of hydrogen-bond acceptors (Lipinski definition) is 6. The summed E-state index contributed by atoms with van der Waals surface area (Å²) in [5.41, 5.74) is 2.44. The molecule has 9 heteroatoms. The van der Waals surface area contributed by atoms with Crippen LogP contribution in [0, 0.1) is 0 Å². The lowest BCUT2D eigenvalue weighted by molar-refractivity contribution is 0.0922. The first-order valence-electron chi connectivity index (χ1n) is 8.86. The monoisotopic (exact) mass is 400 g/mol. The molecule has 2 N–H and O–H groups in total. The predicted octanol–water partition coefficient (Wildman–Crippen LogP) is 2.61. The van der Waals surface area contributed by atoms with Crippen LogP contribution in [0.1, 0.15) is 42.9 Å². The fourth-order valence-corrected chi connectivity index (χ4v) is 2.76. The number of aliphatic hydroxyl groups excluding tert-OH is 1. The predicted molar refractivity (Wildman–Crippen MR) is 105 cm³/mol. The third kappa shape index (κ3) is 4.35. The van der Waals surface area contributed by atoms with Crippen molar-refractivity contribution in [2.75, 3.05) is 6.61 Å². The van der Waals surface area contributed by atoms with Crippen LogP contribution >= 0.6 is 11.6 Å². The molecule has 3 aromatic rings. The maximum absolute atomic E-state index is 12.7. The minimum atomic E-state index is -0.368. The van der Waals surface area contributed by atoms with Crippen molar-refractivity contribution in [1.29, 1.82) is 0 Å². The van der Waals surface area contributed by atoms with E-state index in [4.69, 9.17) is 11.6 Å². The van der Waals surface area contributed by atoms with Crippen LogP contribution in [0.15, 0.2) is 36.5 Å². The van der Waals surface area contributed by atoms with Gasteiger partial charge in [0.2, 0.25) is 0 Å². The Hall–Kier alpha value is -2.84. The SMILES string of the molecule is CC(CO)NC(=O)c1cc(-c2ccc(Cl)cn2)cc(-n2nnnc2C(C)C)c1. The van der Waals surface area contributed by atoms with Crippen LogP contribution in [0.25, 0.3) is 16.9 Å². The lowest BCUT2D eigenvalue weighted by Crippen LogP contribution is -2.35. The van der Waals surface area contributed by atoms with Gasteiger partial charge in [0.15, 0.2) is 5.82 Å². The van der Waals surface area contributed by atoms with Crippen molar-refractivity contribution < 1.29 is 9.90 Å². The fraction of sp³-hybridized carbons (Fsp3) is 0.316. The number of nitrogens with zero attached hydrogens (tertiary/aromatic N) is 5. The van der Waals surface area contributed by atoms with E-state index in [0.717, 1.165) is 5.56 Å². The lowest BCUT2D eigenvalue weighted by atomic mass is 10.0. The van der Waals surface area contributed by atoms with Gasteiger partial charge in [-0.2, -0.15) is 4.68 Å². The standard InChI is InChI=1S/C19H21ClN6O2/c1-11(2)18-23-24-25-26(18)16-7-13(17-5-4-15(20)9-21-17)6-14(8-16)19(28)22-12(3)10-27/h4-9,11-12,27H,10H2,1-3H3,(H,22,28). The summed E-state index contributed by atoms with van der Waals surface area (Å²) in [5.74, 6) is 0.466. The molecule has 3 rings (SSSR count). The summed E-state index contributed by atoms with van der Waals surface area (Å²) in [6.45, 7) is 5.55. The molecule has 0 radical (unpaired) electrons. The first-order chi connectivity index (χ1) is 13.4. The topological polar surface area (TPSA) is 106 Å². The van der Waals surface area contributed by atoms with E-state index < -0.39 is 0 Å². The third-order valence-electron chi connectivity index (χ3n) is 4.11. The quantitative estimate of drug-likeness (QED) is 0.658. The number of hydrogen-bond donors (Lipinski definition) is 2. The highest BCUT2D eigenvalue weighted by Crippen LogP contribution is 2.25. The van der Waals surface area contributed by atoms with Crippen molar-refractivity contribution in [2.45, 2.75) is 32.7 Å². The molecule has 0 aliphatic heterocycles. The van der Waals surface area contributed by atoms with Gasteiger partial charge in [0.05, 0.1) is 23.0 Å². The molecule has 0 spiro atoms. The number of halogens is 1. The zero-order chi connectivity index (χ0) is 20.3. The highest BCUT2D eigenvalue weighted by molar-refractivity contribution is 6.30. The maximum Gasteiger partial charge on any atom is 0.251 e. The third-order valence-corrected chi connectivity index (χ3v) is 4.33. The zero-order valence-corrected chi connectivity index (χ0v) is 16.6. The van der Waals surface area contributed by atoms with Gasteiger partial charge in [-0.3, -0.25) is 9.78 Å². The van der Waals surface area contributed by atoms with Crippen LogP contribution in [0.3, 0.4) is 0 Å². The summed E-state index contributed by atoms with van der Waals surface area (Å²) >= 11 is 5.94. The number of tetrazole rings is 1. The molecule has 0 aliphatic carbocycles. The molecule has 1 atom stereocenters. The number of aromatic nitrogens is 5. The molecule has 0 aliphatic rings. The molecule has 1 aromatic carbocycles. The Morgan fingerprint density at radius 1 is 1.25 bits per heavy atom. The summed E-state index contributed by atoms with van der Waals surface area (Å²) in [4.78, 5) is 17.0. The molecule has 1 amide bonds. The minimum absolute atomic E-state index is 0.0963. The van der Waals surface area contributed by atoms with Crippen molar-refractivity contribution >= 4 is 17.5 Å². The molecule has 0 bridgehead atoms. The van der Waals surface area contributed by atoms with Crippen LogP contribution < -0.4 is 5.32 Å². The van der Waals surface area contributed by atoms with E-state index in [-0.39, 0.29) is 24.5 Å². The molecule has 146 valence electrons. The van der Waals surface area contributed by atoms with Crippen LogP contribution in [0.2, 0.25) is 5.02 Å². The lowest BCUT2D eigenvalue weighted by Gasteiger charge is -2.14. The molecule has 0 fully saturated rings. The first kappa shape index (κ1) is 19.9. The number of rotatable bonds is 6. The van der Waals surface area contributed by atoms with Crippen LogP contribution in [-0.4, -0.2) is 48.9 Å². The fourth-order valence-electron chi connectivity index (χ4n) is 2.65. The normalized spacial score (nSPS) is 12.2. The average Bonchev–Trinajstić information content (AvgIpc) is 3.18. The number of carbonyl (C=O) groups is 1. The van der Waals surface area contributed by atoms with E-state index in [1.807, 2.05) is 19.9 Å². The maximum atomic E-state index is 12.7. The Kier molecular flexibility index (Phi) is 6.01. The summed E-state index contributed by atoms with van der Waals surface area (Å²) in [5, 5.41) is 24.4. The zero-order valence-electron chi connectivity index (χ0n) is 15.8. The number of nitrogens with one attached hydrogen (secondary N) is 1. The molecule has 1 unspecified atom stereocenters. The van der Waals surface area contributed by atoms with E-state index >= 15 is 0 Å². The van der Waals surface area contributed by atoms with E-state index in [1.54, 1.807) is 42.1 Å². The minimum Gasteiger partial charge on any atom is -0.394 e. The largest absolute Gasteiger partial charge is 0.394 e. The van der Waals surface area contributed by atoms with Crippen molar-refractivity contribution in [1.82, 2.24) is 30.5 Å². The molecule has 2 heterocycles. The van der Waals surface area contributed by atoms with Gasteiger partial charge in [0, 0.05) is 29.3 Å². The second-order valence-corrected chi connectivity index (χ2v) is 7.23. The number of amides is 1. The van der Waals surface area contributed by atoms with Gasteiger partial charge in [-0.05, 0) is 47.7 Å². The Labute approximate surface area is 167 Å². The molecule has 8 nitrogen and oxygen atoms in total. The summed E-state index contributed by atoms with van der Waals surface area (Å²) in [6, 6.07) is 8.46. The number of carbonyl (C=O) groups excluding carboxylic acids is 1. The molecule has 28 heavy (non-hydrogen) atoms. The van der Waals surface area contributed by atoms with Gasteiger partial charge in [0.25, 0.3) is 5.91 Å². The molecule has 2 aromatic heterocycles. The van der Waals surface area contributed by atoms with Crippen molar-refractivity contribution in [3.8, 4) is 16.9 Å². The number of pyridine rings is 1. The van der Waals surface area contributed by atoms with Crippen molar-refractivity contribution in [3.63, 3.8) is 0 Å². The highest BCUT2D eigenvalue weighted by atomic mass is 35.5. The van der Waals surface area contributed by atoms with E-state index in [9.17, 15) is 9.90 Å². The van der Waals surface area contributed by atoms with Crippen molar-refractivity contribution in [2.24, 2.45) is 0 Å². The molecular formula is C19H21ClN6O2. The number of benzene rings is 1. The molecular weight excluding hydrogens is 380 g/mol. The first-order valence-corrected chi connectivity index (χ1v) is 9.24. The second-order valence-electron chi connectivity index (χ2n) is 6.79. The van der Waals surface area contributed by atoms with Crippen LogP contribution in [-0.2, 0) is 0 Å².